The summed E-state index contributed by atoms with van der Waals surface area (Å²) >= 11 is 0. The molecule has 2 atom stereocenters. The van der Waals surface area contributed by atoms with Crippen molar-refractivity contribution >= 4 is 0 Å². The highest BCUT2D eigenvalue weighted by molar-refractivity contribution is 5.28. The van der Waals surface area contributed by atoms with Crippen molar-refractivity contribution in [2.45, 2.75) is 45.3 Å². The van der Waals surface area contributed by atoms with Crippen LogP contribution in [0.25, 0.3) is 0 Å². The lowest BCUT2D eigenvalue weighted by molar-refractivity contribution is 0.0709. The molecule has 1 aromatic rings. The molecule has 3 N–H and O–H groups in total. The Kier molecular flexibility index (Phi) is 5.58. The van der Waals surface area contributed by atoms with E-state index in [1.165, 1.54) is 11.1 Å². The Balaban J connectivity index is 1.78. The molecule has 1 aliphatic rings. The number of benzene rings is 1. The second-order valence-corrected chi connectivity index (χ2v) is 6.17. The van der Waals surface area contributed by atoms with Crippen molar-refractivity contribution in [3.8, 4) is 0 Å². The lowest BCUT2D eigenvalue weighted by Crippen LogP contribution is -2.38. The number of nitrogens with zero attached hydrogens (tertiary/aromatic N) is 1. The maximum absolute atomic E-state index is 9.62. The molecule has 1 aliphatic heterocycles. The molecule has 3 nitrogen and oxygen atoms in total. The van der Waals surface area contributed by atoms with Crippen LogP contribution < -0.4 is 5.73 Å². The second-order valence-electron chi connectivity index (χ2n) is 6.17. The van der Waals surface area contributed by atoms with Crippen LogP contribution in [0.15, 0.2) is 24.3 Å². The van der Waals surface area contributed by atoms with E-state index in [1.807, 2.05) is 6.92 Å². The molecule has 1 fully saturated rings. The molecule has 112 valence electrons. The maximum atomic E-state index is 9.62. The van der Waals surface area contributed by atoms with Crippen LogP contribution in [-0.4, -0.2) is 35.7 Å². The van der Waals surface area contributed by atoms with Gasteiger partial charge < -0.3 is 15.7 Å². The summed E-state index contributed by atoms with van der Waals surface area (Å²) < 4.78 is 0. The van der Waals surface area contributed by atoms with Gasteiger partial charge in [-0.3, -0.25) is 0 Å². The molecule has 0 amide bonds. The summed E-state index contributed by atoms with van der Waals surface area (Å²) in [5, 5.41) is 9.62. The molecule has 2 unspecified atom stereocenters. The van der Waals surface area contributed by atoms with Gasteiger partial charge in [0.15, 0.2) is 0 Å². The Morgan fingerprint density at radius 1 is 1.30 bits per heavy atom. The number of aryl methyl sites for hydroxylation is 1. The molecule has 1 aromatic carbocycles. The van der Waals surface area contributed by atoms with Gasteiger partial charge in [-0.2, -0.15) is 0 Å². The lowest BCUT2D eigenvalue weighted by Gasteiger charge is -2.33. The van der Waals surface area contributed by atoms with Crippen molar-refractivity contribution in [2.24, 2.45) is 11.7 Å². The van der Waals surface area contributed by atoms with Crippen LogP contribution in [0, 0.1) is 12.8 Å². The van der Waals surface area contributed by atoms with Gasteiger partial charge in [0.05, 0.1) is 6.10 Å². The number of aliphatic hydroxyl groups is 1. The Hall–Kier alpha value is -0.900. The number of nitrogens with two attached hydrogens (primary N) is 1. The molecule has 1 saturated heterocycles. The number of hydrogen-bond acceptors (Lipinski definition) is 3. The highest BCUT2D eigenvalue weighted by Crippen LogP contribution is 2.23. The molecule has 20 heavy (non-hydrogen) atoms. The Morgan fingerprint density at radius 2 is 1.95 bits per heavy atom. The Morgan fingerprint density at radius 3 is 2.55 bits per heavy atom. The minimum atomic E-state index is -0.161. The van der Waals surface area contributed by atoms with Crippen LogP contribution in [0.1, 0.15) is 43.4 Å². The minimum Gasteiger partial charge on any atom is -0.393 e. The predicted molar refractivity (Wildman–Crippen MR) is 83.6 cm³/mol. The zero-order valence-electron chi connectivity index (χ0n) is 12.8. The van der Waals surface area contributed by atoms with Gasteiger partial charge in [-0.1, -0.05) is 24.3 Å². The number of hydrogen-bond donors (Lipinski definition) is 2. The van der Waals surface area contributed by atoms with Gasteiger partial charge in [0, 0.05) is 6.04 Å². The van der Waals surface area contributed by atoms with Gasteiger partial charge in [-0.15, -0.1) is 0 Å². The highest BCUT2D eigenvalue weighted by Gasteiger charge is 2.22. The first kappa shape index (κ1) is 15.5. The Labute approximate surface area is 122 Å². The summed E-state index contributed by atoms with van der Waals surface area (Å²) in [7, 11) is 0. The van der Waals surface area contributed by atoms with Gasteiger partial charge in [-0.05, 0) is 69.8 Å². The number of likely N-dealkylation sites (tertiary alicyclic amines) is 1. The zero-order valence-corrected chi connectivity index (χ0v) is 12.8. The molecule has 0 bridgehead atoms. The number of aliphatic hydroxyl groups excluding tert-OH is 1. The van der Waals surface area contributed by atoms with Crippen LogP contribution in [0.4, 0.5) is 0 Å². The van der Waals surface area contributed by atoms with Crippen molar-refractivity contribution in [1.29, 1.82) is 0 Å². The molecule has 0 spiro atoms. The molecule has 0 aromatic heterocycles. The Bertz CT molecular complexity index is 411. The van der Waals surface area contributed by atoms with Gasteiger partial charge in [0.1, 0.15) is 0 Å². The van der Waals surface area contributed by atoms with Crippen molar-refractivity contribution < 1.29 is 5.11 Å². The van der Waals surface area contributed by atoms with Crippen LogP contribution in [0.3, 0.4) is 0 Å². The number of piperidine rings is 1. The summed E-state index contributed by atoms with van der Waals surface area (Å²) in [5.74, 6) is 0.483. The summed E-state index contributed by atoms with van der Waals surface area (Å²) in [6, 6.07) is 8.52. The first-order valence-electron chi connectivity index (χ1n) is 7.79. The van der Waals surface area contributed by atoms with Crippen molar-refractivity contribution in [3.63, 3.8) is 0 Å². The van der Waals surface area contributed by atoms with Crippen LogP contribution in [0.5, 0.6) is 0 Å². The van der Waals surface area contributed by atoms with E-state index in [0.29, 0.717) is 5.92 Å². The van der Waals surface area contributed by atoms with E-state index in [9.17, 15) is 5.11 Å². The largest absolute Gasteiger partial charge is 0.393 e. The zero-order chi connectivity index (χ0) is 14.5. The molecule has 0 aliphatic carbocycles. The van der Waals surface area contributed by atoms with Crippen molar-refractivity contribution in [2.75, 3.05) is 19.6 Å². The van der Waals surface area contributed by atoms with E-state index in [2.05, 4.69) is 36.1 Å². The van der Waals surface area contributed by atoms with Crippen LogP contribution in [0.2, 0.25) is 0 Å². The highest BCUT2D eigenvalue weighted by atomic mass is 16.3. The average Bonchev–Trinajstić information content (AvgIpc) is 2.45. The average molecular weight is 276 g/mol. The maximum Gasteiger partial charge on any atom is 0.0541 e. The van der Waals surface area contributed by atoms with Crippen LogP contribution >= 0.6 is 0 Å². The topological polar surface area (TPSA) is 49.5 Å². The van der Waals surface area contributed by atoms with E-state index in [0.717, 1.165) is 38.9 Å². The fourth-order valence-electron chi connectivity index (χ4n) is 3.14. The van der Waals surface area contributed by atoms with Crippen molar-refractivity contribution in [3.05, 3.63) is 35.4 Å². The first-order chi connectivity index (χ1) is 9.58. The van der Waals surface area contributed by atoms with Crippen LogP contribution in [-0.2, 0) is 0 Å². The van der Waals surface area contributed by atoms with E-state index in [-0.39, 0.29) is 12.1 Å². The third-order valence-electron chi connectivity index (χ3n) is 4.66. The van der Waals surface area contributed by atoms with E-state index in [1.54, 1.807) is 0 Å². The second kappa shape index (κ2) is 7.21. The third kappa shape index (κ3) is 4.05. The van der Waals surface area contributed by atoms with E-state index in [4.69, 9.17) is 5.73 Å². The van der Waals surface area contributed by atoms with Gasteiger partial charge in [0.2, 0.25) is 0 Å². The summed E-state index contributed by atoms with van der Waals surface area (Å²) in [6.07, 6.45) is 3.06. The molecular formula is C17H28N2O. The predicted octanol–water partition coefficient (Wildman–Crippen LogP) is 2.48. The van der Waals surface area contributed by atoms with Gasteiger partial charge in [-0.25, -0.2) is 0 Å². The van der Waals surface area contributed by atoms with Gasteiger partial charge >= 0.3 is 0 Å². The monoisotopic (exact) mass is 276 g/mol. The minimum absolute atomic E-state index is 0.130. The summed E-state index contributed by atoms with van der Waals surface area (Å²) in [5.41, 5.74) is 8.88. The fourth-order valence-corrected chi connectivity index (χ4v) is 3.14. The fraction of sp³-hybridized carbons (Fsp3) is 0.647. The molecule has 1 heterocycles. The van der Waals surface area contributed by atoms with Gasteiger partial charge in [0.25, 0.3) is 0 Å². The molecule has 0 saturated carbocycles. The standard InChI is InChI=1S/C17H28N2O/c1-13-5-3-4-6-16(13)17(18)9-12-19-10-7-15(8-11-19)14(2)20/h3-6,14-15,17,20H,7-12,18H2,1-2H3. The van der Waals surface area contributed by atoms with Crippen molar-refractivity contribution in [1.82, 2.24) is 4.90 Å². The molecule has 0 radical (unpaired) electrons. The third-order valence-corrected chi connectivity index (χ3v) is 4.66. The quantitative estimate of drug-likeness (QED) is 0.868. The molecule has 2 rings (SSSR count). The lowest BCUT2D eigenvalue weighted by atomic mass is 9.92. The normalized spacial score (nSPS) is 20.8. The molecular weight excluding hydrogens is 248 g/mol. The smallest absolute Gasteiger partial charge is 0.0541 e. The molecule has 3 heteroatoms. The van der Waals surface area contributed by atoms with E-state index < -0.39 is 0 Å². The SMILES string of the molecule is Cc1ccccc1C(N)CCN1CCC(C(C)O)CC1. The van der Waals surface area contributed by atoms with E-state index >= 15 is 0 Å². The number of rotatable bonds is 5. The summed E-state index contributed by atoms with van der Waals surface area (Å²) in [4.78, 5) is 2.48. The first-order valence-corrected chi connectivity index (χ1v) is 7.79. The summed E-state index contributed by atoms with van der Waals surface area (Å²) in [6.45, 7) is 7.28.